The molecule has 0 saturated heterocycles. The van der Waals surface area contributed by atoms with Crippen molar-refractivity contribution < 1.29 is 29.4 Å². The SMILES string of the molecule is CC(O)C(N)C(=O)NC(CCCCN)C(=O)NC(CCCN=C(N)N)C(=O)NC(CCCCN)C(=O)O. The number of aliphatic hydroxyl groups is 1. The van der Waals surface area contributed by atoms with E-state index in [0.29, 0.717) is 45.2 Å². The number of hydrogen-bond donors (Lipinski definition) is 10. The van der Waals surface area contributed by atoms with Gasteiger partial charge in [0.2, 0.25) is 17.7 Å². The third-order valence-corrected chi connectivity index (χ3v) is 5.54. The minimum absolute atomic E-state index is 0.0974. The molecule has 37 heavy (non-hydrogen) atoms. The van der Waals surface area contributed by atoms with Crippen molar-refractivity contribution in [1.82, 2.24) is 16.0 Å². The first-order valence-electron chi connectivity index (χ1n) is 12.5. The van der Waals surface area contributed by atoms with Gasteiger partial charge in [0.1, 0.15) is 24.2 Å². The van der Waals surface area contributed by atoms with Crippen molar-refractivity contribution in [3.8, 4) is 0 Å². The van der Waals surface area contributed by atoms with Crippen molar-refractivity contribution in [3.63, 3.8) is 0 Å². The molecule has 0 rings (SSSR count). The third kappa shape index (κ3) is 15.0. The predicted octanol–water partition coefficient (Wildman–Crippen LogP) is -3.45. The van der Waals surface area contributed by atoms with E-state index in [4.69, 9.17) is 28.7 Å². The van der Waals surface area contributed by atoms with Gasteiger partial charge in [-0.3, -0.25) is 19.4 Å². The molecule has 0 fully saturated rings. The zero-order valence-corrected chi connectivity index (χ0v) is 21.5. The van der Waals surface area contributed by atoms with Crippen LogP contribution in [0.3, 0.4) is 0 Å². The Balaban J connectivity index is 5.61. The van der Waals surface area contributed by atoms with E-state index in [9.17, 15) is 29.4 Å². The van der Waals surface area contributed by atoms with Crippen molar-refractivity contribution in [2.75, 3.05) is 19.6 Å². The largest absolute Gasteiger partial charge is 0.480 e. The number of hydrogen-bond acceptors (Lipinski definition) is 9. The lowest BCUT2D eigenvalue weighted by Gasteiger charge is -2.25. The second-order valence-electron chi connectivity index (χ2n) is 8.81. The average molecular weight is 532 g/mol. The van der Waals surface area contributed by atoms with Crippen LogP contribution in [0.1, 0.15) is 58.3 Å². The van der Waals surface area contributed by atoms with Gasteiger partial charge in [0, 0.05) is 6.54 Å². The second kappa shape index (κ2) is 19.1. The smallest absolute Gasteiger partial charge is 0.326 e. The molecule has 0 radical (unpaired) electrons. The van der Waals surface area contributed by atoms with E-state index in [0.717, 1.165) is 0 Å². The first-order chi connectivity index (χ1) is 17.4. The van der Waals surface area contributed by atoms with Gasteiger partial charge in [-0.1, -0.05) is 0 Å². The van der Waals surface area contributed by atoms with Crippen LogP contribution in [0.15, 0.2) is 4.99 Å². The molecule has 0 aliphatic rings. The molecular weight excluding hydrogens is 486 g/mol. The number of aliphatic hydroxyl groups excluding tert-OH is 1. The Kier molecular flexibility index (Phi) is 17.6. The summed E-state index contributed by atoms with van der Waals surface area (Å²) in [5.41, 5.74) is 27.3. The number of carbonyl (C=O) groups excluding carboxylic acids is 3. The van der Waals surface area contributed by atoms with E-state index < -0.39 is 54.0 Å². The lowest BCUT2D eigenvalue weighted by molar-refractivity contribution is -0.142. The molecule has 3 amide bonds. The molecule has 5 atom stereocenters. The van der Waals surface area contributed by atoms with E-state index in [1.54, 1.807) is 0 Å². The molecule has 0 heterocycles. The highest BCUT2D eigenvalue weighted by atomic mass is 16.4. The lowest BCUT2D eigenvalue weighted by Crippen LogP contribution is -2.58. The maximum atomic E-state index is 13.1. The molecular formula is C22H45N9O6. The number of unbranched alkanes of at least 4 members (excludes halogenated alkanes) is 2. The maximum absolute atomic E-state index is 13.1. The summed E-state index contributed by atoms with van der Waals surface area (Å²) in [6.07, 6.45) is 1.82. The van der Waals surface area contributed by atoms with E-state index in [2.05, 4.69) is 20.9 Å². The molecule has 15 N–H and O–H groups in total. The van der Waals surface area contributed by atoms with Crippen molar-refractivity contribution in [3.05, 3.63) is 0 Å². The van der Waals surface area contributed by atoms with Crippen molar-refractivity contribution in [2.24, 2.45) is 33.7 Å². The number of aliphatic imine (C=N–C) groups is 1. The molecule has 0 saturated carbocycles. The second-order valence-corrected chi connectivity index (χ2v) is 8.81. The van der Waals surface area contributed by atoms with Crippen LogP contribution in [-0.2, 0) is 19.2 Å². The van der Waals surface area contributed by atoms with Gasteiger partial charge in [-0.2, -0.15) is 0 Å². The minimum atomic E-state index is -1.26. The maximum Gasteiger partial charge on any atom is 0.326 e. The van der Waals surface area contributed by atoms with Crippen molar-refractivity contribution in [1.29, 1.82) is 0 Å². The Morgan fingerprint density at radius 1 is 0.757 bits per heavy atom. The van der Waals surface area contributed by atoms with Crippen molar-refractivity contribution >= 4 is 29.7 Å². The van der Waals surface area contributed by atoms with Crippen LogP contribution in [0.2, 0.25) is 0 Å². The number of nitrogens with one attached hydrogen (secondary N) is 3. The number of carboxylic acids is 1. The first kappa shape index (κ1) is 34.0. The summed E-state index contributed by atoms with van der Waals surface area (Å²) in [6, 6.07) is -4.61. The van der Waals surface area contributed by atoms with Crippen molar-refractivity contribution in [2.45, 2.75) is 88.6 Å². The van der Waals surface area contributed by atoms with Crippen LogP contribution in [-0.4, -0.2) is 89.8 Å². The lowest BCUT2D eigenvalue weighted by atomic mass is 10.0. The Labute approximate surface area is 217 Å². The number of guanidine groups is 1. The third-order valence-electron chi connectivity index (χ3n) is 5.54. The molecule has 0 aliphatic carbocycles. The number of nitrogens with two attached hydrogens (primary N) is 5. The molecule has 214 valence electrons. The van der Waals surface area contributed by atoms with Crippen LogP contribution in [0.5, 0.6) is 0 Å². The molecule has 0 spiro atoms. The highest BCUT2D eigenvalue weighted by molar-refractivity contribution is 5.94. The van der Waals surface area contributed by atoms with Crippen LogP contribution in [0.25, 0.3) is 0 Å². The Hall–Kier alpha value is -3.01. The average Bonchev–Trinajstić information content (AvgIpc) is 2.83. The Bertz CT molecular complexity index is 746. The van der Waals surface area contributed by atoms with E-state index in [1.165, 1.54) is 6.92 Å². The molecule has 0 aromatic rings. The molecule has 0 aromatic heterocycles. The summed E-state index contributed by atoms with van der Waals surface area (Å²) in [5.74, 6) is -3.45. The zero-order valence-electron chi connectivity index (χ0n) is 21.5. The monoisotopic (exact) mass is 531 g/mol. The molecule has 0 bridgehead atoms. The molecule has 5 unspecified atom stereocenters. The summed E-state index contributed by atoms with van der Waals surface area (Å²) >= 11 is 0. The topological polar surface area (TPSA) is 287 Å². The number of carbonyl (C=O) groups is 4. The number of nitrogens with zero attached hydrogens (tertiary/aromatic N) is 1. The Morgan fingerprint density at radius 2 is 1.19 bits per heavy atom. The fourth-order valence-electron chi connectivity index (χ4n) is 3.32. The van der Waals surface area contributed by atoms with Gasteiger partial charge in [0.05, 0.1) is 6.10 Å². The first-order valence-corrected chi connectivity index (χ1v) is 12.5. The van der Waals surface area contributed by atoms with E-state index in [-0.39, 0.29) is 31.8 Å². The fraction of sp³-hybridized carbons (Fsp3) is 0.773. The van der Waals surface area contributed by atoms with Crippen LogP contribution in [0.4, 0.5) is 0 Å². The number of rotatable bonds is 20. The quantitative estimate of drug-likeness (QED) is 0.0418. The minimum Gasteiger partial charge on any atom is -0.480 e. The highest BCUT2D eigenvalue weighted by Gasteiger charge is 2.30. The number of amides is 3. The van der Waals surface area contributed by atoms with E-state index in [1.807, 2.05) is 0 Å². The van der Waals surface area contributed by atoms with Gasteiger partial charge in [-0.25, -0.2) is 4.79 Å². The van der Waals surface area contributed by atoms with Gasteiger partial charge in [0.25, 0.3) is 0 Å². The molecule has 15 nitrogen and oxygen atoms in total. The van der Waals surface area contributed by atoms with Gasteiger partial charge in [-0.05, 0) is 71.4 Å². The molecule has 15 heteroatoms. The van der Waals surface area contributed by atoms with Crippen LogP contribution < -0.4 is 44.6 Å². The molecule has 0 aliphatic heterocycles. The normalized spacial score (nSPS) is 14.9. The van der Waals surface area contributed by atoms with Crippen LogP contribution >= 0.6 is 0 Å². The number of aliphatic carboxylic acids is 1. The highest BCUT2D eigenvalue weighted by Crippen LogP contribution is 2.07. The van der Waals surface area contributed by atoms with E-state index >= 15 is 0 Å². The summed E-state index contributed by atoms with van der Waals surface area (Å²) in [6.45, 7) is 2.30. The van der Waals surface area contributed by atoms with Crippen LogP contribution in [0, 0.1) is 0 Å². The number of carboxylic acid groups (broad SMARTS) is 1. The van der Waals surface area contributed by atoms with Gasteiger partial charge in [0.15, 0.2) is 5.96 Å². The summed E-state index contributed by atoms with van der Waals surface area (Å²) in [5, 5.41) is 26.7. The summed E-state index contributed by atoms with van der Waals surface area (Å²) in [7, 11) is 0. The standard InChI is InChI=1S/C22H45N9O6/c1-13(32)17(25)20(35)30-14(7-2-4-10-23)18(33)29-15(9-6-12-28-22(26)27)19(34)31-16(21(36)37)8-3-5-11-24/h13-17,32H,2-12,23-25H2,1H3,(H,29,33)(H,30,35)(H,31,34)(H,36,37)(H4,26,27,28). The summed E-state index contributed by atoms with van der Waals surface area (Å²) < 4.78 is 0. The van der Waals surface area contributed by atoms with Gasteiger partial charge >= 0.3 is 5.97 Å². The zero-order chi connectivity index (χ0) is 28.4. The fourth-order valence-corrected chi connectivity index (χ4v) is 3.32. The molecule has 0 aromatic carbocycles. The summed E-state index contributed by atoms with van der Waals surface area (Å²) in [4.78, 5) is 54.0. The Morgan fingerprint density at radius 3 is 1.62 bits per heavy atom. The predicted molar refractivity (Wildman–Crippen MR) is 139 cm³/mol. The van der Waals surface area contributed by atoms with Gasteiger partial charge in [-0.15, -0.1) is 0 Å². The van der Waals surface area contributed by atoms with Gasteiger partial charge < -0.3 is 54.8 Å².